The van der Waals surface area contributed by atoms with Gasteiger partial charge in [0.05, 0.1) is 6.42 Å². The fourth-order valence-electron chi connectivity index (χ4n) is 2.23. The Morgan fingerprint density at radius 1 is 1.13 bits per heavy atom. The molecule has 0 unspecified atom stereocenters. The quantitative estimate of drug-likeness (QED) is 0.570. The molecule has 0 aliphatic carbocycles. The molecule has 4 heteroatoms. The van der Waals surface area contributed by atoms with E-state index in [2.05, 4.69) is 41.3 Å². The van der Waals surface area contributed by atoms with Crippen LogP contribution in [-0.2, 0) is 4.65 Å². The molecule has 0 amide bonds. The average molecular weight is 234 g/mol. The molecule has 2 aromatic rings. The van der Waals surface area contributed by atoms with Gasteiger partial charge in [-0.2, -0.15) is 22.7 Å². The first kappa shape index (κ1) is 9.52. The topological polar surface area (TPSA) is 9.23 Å². The van der Waals surface area contributed by atoms with Gasteiger partial charge in [-0.1, -0.05) is 40.1 Å². The van der Waals surface area contributed by atoms with Crippen LogP contribution in [0.15, 0.2) is 35.0 Å². The highest BCUT2D eigenvalue weighted by atomic mass is 32.1. The van der Waals surface area contributed by atoms with Crippen LogP contribution in [0.4, 0.5) is 0 Å². The van der Waals surface area contributed by atoms with Crippen molar-refractivity contribution in [3.8, 4) is 0 Å². The molecule has 1 fully saturated rings. The lowest BCUT2D eigenvalue weighted by atomic mass is 9.37. The van der Waals surface area contributed by atoms with Gasteiger partial charge in [-0.05, 0) is 10.8 Å². The van der Waals surface area contributed by atoms with Crippen LogP contribution in [0.1, 0.15) is 6.42 Å². The predicted octanol–water partition coefficient (Wildman–Crippen LogP) is 2.03. The van der Waals surface area contributed by atoms with Crippen LogP contribution in [0.2, 0.25) is 0 Å². The Morgan fingerprint density at radius 2 is 1.80 bits per heavy atom. The van der Waals surface area contributed by atoms with E-state index in [1.54, 1.807) is 22.7 Å². The van der Waals surface area contributed by atoms with Gasteiger partial charge in [0.1, 0.15) is 0 Å². The molecule has 15 heavy (non-hydrogen) atoms. The van der Waals surface area contributed by atoms with E-state index in [-0.39, 0.29) is 0 Å². The van der Waals surface area contributed by atoms with E-state index in [1.807, 2.05) is 0 Å². The Morgan fingerprint density at radius 3 is 2.20 bits per heavy atom. The molecule has 2 aromatic heterocycles. The molecule has 0 aromatic carbocycles. The largest absolute Gasteiger partial charge is 0.539 e. The van der Waals surface area contributed by atoms with Crippen molar-refractivity contribution in [1.82, 2.24) is 0 Å². The van der Waals surface area contributed by atoms with Gasteiger partial charge in [0, 0.05) is 6.61 Å². The van der Waals surface area contributed by atoms with Crippen LogP contribution in [0.5, 0.6) is 0 Å². The van der Waals surface area contributed by atoms with Crippen molar-refractivity contribution >= 4 is 38.6 Å². The highest BCUT2D eigenvalue weighted by molar-refractivity contribution is 7.35. The first-order valence-electron chi connectivity index (χ1n) is 5.13. The van der Waals surface area contributed by atoms with Gasteiger partial charge in [0.25, 0.3) is 0 Å². The van der Waals surface area contributed by atoms with Crippen LogP contribution in [0.25, 0.3) is 0 Å². The zero-order valence-corrected chi connectivity index (χ0v) is 9.89. The normalized spacial score (nSPS) is 18.9. The maximum Gasteiger partial charge on any atom is 0.390 e. The molecule has 0 N–H and O–H groups in total. The summed E-state index contributed by atoms with van der Waals surface area (Å²) in [6.45, 7) is 0.857. The minimum absolute atomic E-state index is 0.857. The summed E-state index contributed by atoms with van der Waals surface area (Å²) in [4.78, 5) is 0. The highest BCUT2D eigenvalue weighted by Gasteiger charge is 2.45. The summed E-state index contributed by atoms with van der Waals surface area (Å²) in [6, 6.07) is 8.58. The van der Waals surface area contributed by atoms with Gasteiger partial charge in [0.15, 0.2) is 0 Å². The van der Waals surface area contributed by atoms with E-state index >= 15 is 0 Å². The Hall–Kier alpha value is -0.705. The summed E-state index contributed by atoms with van der Waals surface area (Å²) >= 11 is 3.59. The first-order valence-corrected chi connectivity index (χ1v) is 6.89. The van der Waals surface area contributed by atoms with Crippen molar-refractivity contribution in [1.29, 1.82) is 0 Å². The second-order valence-electron chi connectivity index (χ2n) is 3.78. The van der Waals surface area contributed by atoms with E-state index in [0.29, 0.717) is 0 Å². The van der Waals surface area contributed by atoms with Crippen molar-refractivity contribution in [3.05, 3.63) is 41.3 Å². The molecule has 0 spiro atoms. The summed E-state index contributed by atoms with van der Waals surface area (Å²) < 4.78 is 8.77. The van der Waals surface area contributed by atoms with E-state index in [1.165, 1.54) is 9.55 Å². The molecular formula is C11H11BOS2. The Balaban J connectivity index is 2.10. The van der Waals surface area contributed by atoms with Crippen LogP contribution >= 0.6 is 22.7 Å². The lowest BCUT2D eigenvalue weighted by molar-refractivity contribution is 0.358. The molecule has 76 valence electrons. The van der Waals surface area contributed by atoms with Crippen molar-refractivity contribution in [2.75, 3.05) is 6.61 Å². The summed E-state index contributed by atoms with van der Waals surface area (Å²) in [5, 5.41) is 4.25. The van der Waals surface area contributed by atoms with Gasteiger partial charge in [0.2, 0.25) is 0 Å². The fraction of sp³-hybridized carbons (Fsp3) is 0.182. The third-order valence-corrected chi connectivity index (χ3v) is 5.03. The molecule has 1 nitrogen and oxygen atoms in total. The van der Waals surface area contributed by atoms with Crippen molar-refractivity contribution < 1.29 is 4.65 Å². The van der Waals surface area contributed by atoms with Gasteiger partial charge in [-0.25, -0.2) is 0 Å². The molecule has 0 atom stereocenters. The van der Waals surface area contributed by atoms with Crippen LogP contribution in [0, 0.1) is 6.32 Å². The van der Waals surface area contributed by atoms with Crippen molar-refractivity contribution in [3.63, 3.8) is 0 Å². The molecule has 3 rings (SSSR count). The second-order valence-corrected chi connectivity index (χ2v) is 5.73. The van der Waals surface area contributed by atoms with Crippen LogP contribution in [0.3, 0.4) is 0 Å². The Kier molecular flexibility index (Phi) is 2.35. The highest BCUT2D eigenvalue weighted by Crippen LogP contribution is 2.23. The molecule has 1 aliphatic heterocycles. The number of hydrogen-bond acceptors (Lipinski definition) is 3. The summed E-state index contributed by atoms with van der Waals surface area (Å²) in [5.41, 5.74) is 0. The summed E-state index contributed by atoms with van der Waals surface area (Å²) in [7, 11) is 0. The van der Waals surface area contributed by atoms with E-state index in [0.717, 1.165) is 13.0 Å². The maximum atomic E-state index is 6.06. The third kappa shape index (κ3) is 1.44. The van der Waals surface area contributed by atoms with Crippen molar-refractivity contribution in [2.24, 2.45) is 0 Å². The minimum atomic E-state index is -0.977. The van der Waals surface area contributed by atoms with Gasteiger partial charge in [-0.15, -0.1) is 0 Å². The third-order valence-electron chi connectivity index (χ3n) is 2.93. The monoisotopic (exact) mass is 234 g/mol. The predicted molar refractivity (Wildman–Crippen MR) is 68.5 cm³/mol. The molecule has 0 bridgehead atoms. The average Bonchev–Trinajstić information content (AvgIpc) is 3.02. The summed E-state index contributed by atoms with van der Waals surface area (Å²) in [5.74, 6) is 0. The molecule has 0 radical (unpaired) electrons. The smallest absolute Gasteiger partial charge is 0.390 e. The van der Waals surface area contributed by atoms with E-state index < -0.39 is 6.35 Å². The first-order chi connectivity index (χ1) is 7.42. The SMILES string of the molecule is c1csc([B-]2(c3cccs3)[CH+]CCO2)c1. The Labute approximate surface area is 97.7 Å². The summed E-state index contributed by atoms with van der Waals surface area (Å²) in [6.07, 6.45) is 2.45. The molecule has 1 saturated heterocycles. The van der Waals surface area contributed by atoms with Crippen LogP contribution in [-0.4, -0.2) is 13.0 Å². The molecule has 3 heterocycles. The molecule has 0 saturated carbocycles. The van der Waals surface area contributed by atoms with Gasteiger partial charge in [-0.3, -0.25) is 0 Å². The van der Waals surface area contributed by atoms with E-state index in [9.17, 15) is 0 Å². The molecular weight excluding hydrogens is 223 g/mol. The van der Waals surface area contributed by atoms with E-state index in [4.69, 9.17) is 4.65 Å². The molecule has 1 aliphatic rings. The zero-order valence-electron chi connectivity index (χ0n) is 8.26. The van der Waals surface area contributed by atoms with Gasteiger partial charge >= 0.3 is 6.35 Å². The number of thiophene rings is 2. The number of hydrogen-bond donors (Lipinski definition) is 0. The maximum absolute atomic E-state index is 6.06. The lowest BCUT2D eigenvalue weighted by Gasteiger charge is -2.24. The van der Waals surface area contributed by atoms with Crippen LogP contribution < -0.4 is 9.55 Å². The lowest BCUT2D eigenvalue weighted by Crippen LogP contribution is -2.56. The standard InChI is InChI=1S/C11H11BOS2/c1-4-10(14-8-1)12(6-3-7-13-12)11-5-2-9-15-11/h1-2,4-6,8-9H,3,7H2. The Bertz CT molecular complexity index is 379. The fourth-order valence-corrected chi connectivity index (χ4v) is 4.24. The minimum Gasteiger partial charge on any atom is -0.539 e. The second kappa shape index (κ2) is 3.70. The van der Waals surface area contributed by atoms with Gasteiger partial charge < -0.3 is 4.65 Å². The zero-order chi connectivity index (χ0) is 10.1. The van der Waals surface area contributed by atoms with Crippen molar-refractivity contribution in [2.45, 2.75) is 6.42 Å². The number of rotatable bonds is 2.